The SMILES string of the molecule is CCN(CC1CCOC1)C(=O)c1ccc2n[nH]nc2c1. The van der Waals surface area contributed by atoms with Crippen LogP contribution in [0.3, 0.4) is 0 Å². The molecule has 1 aromatic carbocycles. The molecular weight excluding hydrogens is 256 g/mol. The van der Waals surface area contributed by atoms with Crippen LogP contribution in [0.2, 0.25) is 0 Å². The number of carbonyl (C=O) groups is 1. The van der Waals surface area contributed by atoms with Gasteiger partial charge in [-0.2, -0.15) is 15.4 Å². The van der Waals surface area contributed by atoms with E-state index in [0.29, 0.717) is 18.0 Å². The van der Waals surface area contributed by atoms with E-state index in [1.807, 2.05) is 17.9 Å². The highest BCUT2D eigenvalue weighted by atomic mass is 16.5. The van der Waals surface area contributed by atoms with E-state index < -0.39 is 0 Å². The maximum absolute atomic E-state index is 12.6. The standard InChI is InChI=1S/C14H18N4O2/c1-2-18(8-10-5-6-20-9-10)14(19)11-3-4-12-13(7-11)16-17-15-12/h3-4,7,10H,2,5-6,8-9H2,1H3,(H,15,16,17). The third kappa shape index (κ3) is 2.51. The normalized spacial score (nSPS) is 18.6. The summed E-state index contributed by atoms with van der Waals surface area (Å²) in [7, 11) is 0. The van der Waals surface area contributed by atoms with Gasteiger partial charge in [-0.3, -0.25) is 4.79 Å². The van der Waals surface area contributed by atoms with Crippen molar-refractivity contribution in [2.45, 2.75) is 13.3 Å². The number of nitrogens with one attached hydrogen (secondary N) is 1. The van der Waals surface area contributed by atoms with Crippen molar-refractivity contribution in [2.24, 2.45) is 5.92 Å². The lowest BCUT2D eigenvalue weighted by Crippen LogP contribution is -2.35. The average molecular weight is 274 g/mol. The molecule has 1 aromatic heterocycles. The molecule has 3 rings (SSSR count). The van der Waals surface area contributed by atoms with Crippen molar-refractivity contribution in [1.29, 1.82) is 0 Å². The first-order valence-corrected chi connectivity index (χ1v) is 6.95. The van der Waals surface area contributed by atoms with Crippen molar-refractivity contribution in [3.05, 3.63) is 23.8 Å². The average Bonchev–Trinajstić information content (AvgIpc) is 3.14. The molecule has 20 heavy (non-hydrogen) atoms. The van der Waals surface area contributed by atoms with Crippen LogP contribution in [0.4, 0.5) is 0 Å². The fourth-order valence-electron chi connectivity index (χ4n) is 2.55. The Labute approximate surface area is 117 Å². The van der Waals surface area contributed by atoms with E-state index in [4.69, 9.17) is 4.74 Å². The Kier molecular flexibility index (Phi) is 3.64. The quantitative estimate of drug-likeness (QED) is 0.916. The van der Waals surface area contributed by atoms with E-state index in [1.54, 1.807) is 12.1 Å². The second-order valence-electron chi connectivity index (χ2n) is 5.10. The van der Waals surface area contributed by atoms with Crippen LogP contribution in [0.5, 0.6) is 0 Å². The topological polar surface area (TPSA) is 71.1 Å². The molecule has 1 aliphatic heterocycles. The molecular formula is C14H18N4O2. The van der Waals surface area contributed by atoms with Crippen LogP contribution >= 0.6 is 0 Å². The summed E-state index contributed by atoms with van der Waals surface area (Å²) in [4.78, 5) is 14.4. The molecule has 1 fully saturated rings. The maximum atomic E-state index is 12.6. The minimum Gasteiger partial charge on any atom is -0.381 e. The van der Waals surface area contributed by atoms with Crippen molar-refractivity contribution in [3.63, 3.8) is 0 Å². The van der Waals surface area contributed by atoms with Crippen LogP contribution in [0.25, 0.3) is 11.0 Å². The van der Waals surface area contributed by atoms with Crippen LogP contribution in [-0.4, -0.2) is 52.5 Å². The van der Waals surface area contributed by atoms with Crippen LogP contribution in [0, 0.1) is 5.92 Å². The summed E-state index contributed by atoms with van der Waals surface area (Å²) in [6.07, 6.45) is 1.03. The minimum absolute atomic E-state index is 0.0456. The van der Waals surface area contributed by atoms with Gasteiger partial charge in [0.15, 0.2) is 0 Å². The molecule has 0 radical (unpaired) electrons. The Morgan fingerprint density at radius 3 is 3.05 bits per heavy atom. The third-order valence-electron chi connectivity index (χ3n) is 3.73. The van der Waals surface area contributed by atoms with Crippen LogP contribution in [0.15, 0.2) is 18.2 Å². The molecule has 0 saturated carbocycles. The zero-order valence-corrected chi connectivity index (χ0v) is 11.5. The highest BCUT2D eigenvalue weighted by Gasteiger charge is 2.22. The molecule has 1 amide bonds. The van der Waals surface area contributed by atoms with Gasteiger partial charge < -0.3 is 9.64 Å². The van der Waals surface area contributed by atoms with E-state index in [9.17, 15) is 4.79 Å². The van der Waals surface area contributed by atoms with Crippen LogP contribution in [0.1, 0.15) is 23.7 Å². The number of amides is 1. The number of H-pyrrole nitrogens is 1. The Morgan fingerprint density at radius 1 is 1.45 bits per heavy atom. The Hall–Kier alpha value is -1.95. The number of aromatic amines is 1. The number of carbonyl (C=O) groups excluding carboxylic acids is 1. The lowest BCUT2D eigenvalue weighted by atomic mass is 10.1. The first-order valence-electron chi connectivity index (χ1n) is 6.95. The van der Waals surface area contributed by atoms with Crippen LogP contribution < -0.4 is 0 Å². The molecule has 6 heteroatoms. The van der Waals surface area contributed by atoms with Crippen molar-refractivity contribution >= 4 is 16.9 Å². The van der Waals surface area contributed by atoms with Gasteiger partial charge in [0.25, 0.3) is 5.91 Å². The van der Waals surface area contributed by atoms with E-state index in [2.05, 4.69) is 15.4 Å². The number of aromatic nitrogens is 3. The molecule has 0 bridgehead atoms. The first-order chi connectivity index (χ1) is 9.78. The Bertz CT molecular complexity index is 604. The van der Waals surface area contributed by atoms with Crippen LogP contribution in [-0.2, 0) is 4.74 Å². The largest absolute Gasteiger partial charge is 0.381 e. The first kappa shape index (κ1) is 13.1. The molecule has 1 aliphatic rings. The van der Waals surface area contributed by atoms with E-state index in [-0.39, 0.29) is 5.91 Å². The predicted octanol–water partition coefficient (Wildman–Crippen LogP) is 1.46. The minimum atomic E-state index is 0.0456. The van der Waals surface area contributed by atoms with Gasteiger partial charge in [0.2, 0.25) is 0 Å². The third-order valence-corrected chi connectivity index (χ3v) is 3.73. The van der Waals surface area contributed by atoms with E-state index in [1.165, 1.54) is 0 Å². The van der Waals surface area contributed by atoms with E-state index in [0.717, 1.165) is 37.2 Å². The molecule has 0 spiro atoms. The summed E-state index contributed by atoms with van der Waals surface area (Å²) in [5, 5.41) is 10.6. The maximum Gasteiger partial charge on any atom is 0.253 e. The van der Waals surface area contributed by atoms with Gasteiger partial charge in [0, 0.05) is 31.2 Å². The zero-order chi connectivity index (χ0) is 13.9. The lowest BCUT2D eigenvalue weighted by Gasteiger charge is -2.23. The fourth-order valence-corrected chi connectivity index (χ4v) is 2.55. The number of fused-ring (bicyclic) bond motifs is 1. The van der Waals surface area contributed by atoms with Crippen molar-refractivity contribution in [2.75, 3.05) is 26.3 Å². The number of rotatable bonds is 4. The number of ether oxygens (including phenoxy) is 1. The number of nitrogens with zero attached hydrogens (tertiary/aromatic N) is 3. The summed E-state index contributed by atoms with van der Waals surface area (Å²) in [6.45, 7) is 5.02. The second kappa shape index (κ2) is 5.58. The molecule has 2 aromatic rings. The van der Waals surface area contributed by atoms with Gasteiger partial charge in [-0.25, -0.2) is 0 Å². The molecule has 1 unspecified atom stereocenters. The summed E-state index contributed by atoms with van der Waals surface area (Å²) >= 11 is 0. The van der Waals surface area contributed by atoms with Crippen molar-refractivity contribution in [3.8, 4) is 0 Å². The molecule has 1 N–H and O–H groups in total. The lowest BCUT2D eigenvalue weighted by molar-refractivity contribution is 0.0731. The van der Waals surface area contributed by atoms with Gasteiger partial charge in [0.1, 0.15) is 11.0 Å². The smallest absolute Gasteiger partial charge is 0.253 e. The highest BCUT2D eigenvalue weighted by molar-refractivity contribution is 5.97. The van der Waals surface area contributed by atoms with Gasteiger partial charge >= 0.3 is 0 Å². The second-order valence-corrected chi connectivity index (χ2v) is 5.10. The molecule has 0 aliphatic carbocycles. The van der Waals surface area contributed by atoms with Gasteiger partial charge in [0.05, 0.1) is 6.61 Å². The summed E-state index contributed by atoms with van der Waals surface area (Å²) < 4.78 is 5.37. The highest BCUT2D eigenvalue weighted by Crippen LogP contribution is 2.17. The van der Waals surface area contributed by atoms with Gasteiger partial charge in [-0.1, -0.05) is 0 Å². The zero-order valence-electron chi connectivity index (χ0n) is 11.5. The number of hydrogen-bond donors (Lipinski definition) is 1. The summed E-state index contributed by atoms with van der Waals surface area (Å²) in [5.41, 5.74) is 2.15. The molecule has 2 heterocycles. The number of benzene rings is 1. The van der Waals surface area contributed by atoms with Gasteiger partial charge in [-0.15, -0.1) is 0 Å². The monoisotopic (exact) mass is 274 g/mol. The van der Waals surface area contributed by atoms with Crippen molar-refractivity contribution < 1.29 is 9.53 Å². The van der Waals surface area contributed by atoms with Gasteiger partial charge in [-0.05, 0) is 31.5 Å². The summed E-state index contributed by atoms with van der Waals surface area (Å²) in [5.74, 6) is 0.499. The van der Waals surface area contributed by atoms with Crippen molar-refractivity contribution in [1.82, 2.24) is 20.3 Å². The fraction of sp³-hybridized carbons (Fsp3) is 0.500. The number of hydrogen-bond acceptors (Lipinski definition) is 4. The molecule has 6 nitrogen and oxygen atoms in total. The molecule has 1 saturated heterocycles. The Balaban J connectivity index is 1.77. The Morgan fingerprint density at radius 2 is 2.30 bits per heavy atom. The predicted molar refractivity (Wildman–Crippen MR) is 74.4 cm³/mol. The summed E-state index contributed by atoms with van der Waals surface area (Å²) in [6, 6.07) is 5.41. The van der Waals surface area contributed by atoms with E-state index >= 15 is 0 Å². The molecule has 1 atom stereocenters. The molecule has 106 valence electrons.